The Morgan fingerprint density at radius 1 is 1.24 bits per heavy atom. The van der Waals surface area contributed by atoms with E-state index in [1.165, 1.54) is 18.2 Å². The third kappa shape index (κ3) is 6.43. The molecular formula is C17H16ClF2NO3S. The van der Waals surface area contributed by atoms with Gasteiger partial charge in [0.05, 0.1) is 12.1 Å². The minimum absolute atomic E-state index is 0.00529. The van der Waals surface area contributed by atoms with Crippen molar-refractivity contribution < 1.29 is 23.0 Å². The van der Waals surface area contributed by atoms with Crippen LogP contribution in [0.4, 0.5) is 14.5 Å². The number of carbonyl (C=O) groups excluding carboxylic acids is 1. The number of ether oxygens (including phenoxy) is 2. The zero-order chi connectivity index (χ0) is 18.2. The van der Waals surface area contributed by atoms with Crippen LogP contribution in [0.25, 0.3) is 0 Å². The van der Waals surface area contributed by atoms with Gasteiger partial charge in [0.25, 0.3) is 0 Å². The molecule has 0 fully saturated rings. The Hall–Kier alpha value is -1.99. The zero-order valence-corrected chi connectivity index (χ0v) is 14.9. The number of alkyl halides is 2. The molecule has 0 aliphatic carbocycles. The lowest BCUT2D eigenvalue weighted by Gasteiger charge is -2.09. The first-order chi connectivity index (χ1) is 12.0. The van der Waals surface area contributed by atoms with Crippen LogP contribution in [0, 0.1) is 0 Å². The highest BCUT2D eigenvalue weighted by atomic mass is 35.5. The molecule has 134 valence electrons. The third-order valence-corrected chi connectivity index (χ3v) is 4.40. The van der Waals surface area contributed by atoms with Crippen LogP contribution >= 0.6 is 23.4 Å². The van der Waals surface area contributed by atoms with E-state index in [0.717, 1.165) is 10.6 Å². The molecule has 4 nitrogen and oxygen atoms in total. The van der Waals surface area contributed by atoms with E-state index in [-0.39, 0.29) is 16.7 Å². The Kier molecular flexibility index (Phi) is 7.33. The maximum absolute atomic E-state index is 12.2. The Morgan fingerprint density at radius 2 is 1.96 bits per heavy atom. The summed E-state index contributed by atoms with van der Waals surface area (Å²) in [5.41, 5.74) is 0.422. The number of halogens is 3. The fraction of sp³-hybridized carbons (Fsp3) is 0.235. The normalized spacial score (nSPS) is 10.6. The number of carbonyl (C=O) groups is 1. The summed E-state index contributed by atoms with van der Waals surface area (Å²) >= 11 is 7.39. The molecule has 1 N–H and O–H groups in total. The van der Waals surface area contributed by atoms with Crippen molar-refractivity contribution >= 4 is 35.0 Å². The summed E-state index contributed by atoms with van der Waals surface area (Å²) in [4.78, 5) is 13.0. The summed E-state index contributed by atoms with van der Waals surface area (Å²) in [6, 6.07) is 11.7. The Balaban J connectivity index is 1.80. The standard InChI is InChI=1S/C17H16ClF2NO3S/c1-23-12-3-5-13(6-4-12)25-9-8-16(22)21-11-2-7-15(14(18)10-11)24-17(19)20/h2-7,10,17H,8-9H2,1H3,(H,21,22). The largest absolute Gasteiger partial charge is 0.497 e. The van der Waals surface area contributed by atoms with Crippen LogP contribution in [-0.4, -0.2) is 25.4 Å². The quantitative estimate of drug-likeness (QED) is 0.642. The van der Waals surface area contributed by atoms with Crippen LogP contribution in [-0.2, 0) is 4.79 Å². The topological polar surface area (TPSA) is 47.6 Å². The van der Waals surface area contributed by atoms with Crippen molar-refractivity contribution in [3.05, 3.63) is 47.5 Å². The molecule has 8 heteroatoms. The average molecular weight is 388 g/mol. The lowest BCUT2D eigenvalue weighted by Crippen LogP contribution is -2.12. The molecule has 0 saturated heterocycles. The number of hydrogen-bond donors (Lipinski definition) is 1. The summed E-state index contributed by atoms with van der Waals surface area (Å²) in [6.45, 7) is -2.95. The van der Waals surface area contributed by atoms with Gasteiger partial charge in [0.15, 0.2) is 0 Å². The van der Waals surface area contributed by atoms with Gasteiger partial charge < -0.3 is 14.8 Å². The highest BCUT2D eigenvalue weighted by Crippen LogP contribution is 2.29. The van der Waals surface area contributed by atoms with Crippen LogP contribution < -0.4 is 14.8 Å². The second-order valence-electron chi connectivity index (χ2n) is 4.85. The molecule has 0 spiro atoms. The van der Waals surface area contributed by atoms with Gasteiger partial charge in [-0.05, 0) is 42.5 Å². The number of amides is 1. The van der Waals surface area contributed by atoms with Gasteiger partial charge in [-0.1, -0.05) is 11.6 Å². The molecule has 0 aliphatic rings. The molecule has 0 saturated carbocycles. The zero-order valence-electron chi connectivity index (χ0n) is 13.3. The van der Waals surface area contributed by atoms with Gasteiger partial charge in [-0.15, -0.1) is 11.8 Å². The maximum Gasteiger partial charge on any atom is 0.387 e. The second kappa shape index (κ2) is 9.48. The van der Waals surface area contributed by atoms with E-state index >= 15 is 0 Å². The van der Waals surface area contributed by atoms with Crippen molar-refractivity contribution in [2.24, 2.45) is 0 Å². The SMILES string of the molecule is COc1ccc(SCCC(=O)Nc2ccc(OC(F)F)c(Cl)c2)cc1. The van der Waals surface area contributed by atoms with Gasteiger partial charge in [0, 0.05) is 22.8 Å². The number of anilines is 1. The highest BCUT2D eigenvalue weighted by molar-refractivity contribution is 7.99. The Bertz CT molecular complexity index is 714. The molecule has 0 aromatic heterocycles. The summed E-state index contributed by atoms with van der Waals surface area (Å²) in [5, 5.41) is 2.67. The number of hydrogen-bond acceptors (Lipinski definition) is 4. The summed E-state index contributed by atoms with van der Waals surface area (Å²) < 4.78 is 33.7. The lowest BCUT2D eigenvalue weighted by molar-refractivity contribution is -0.115. The van der Waals surface area contributed by atoms with E-state index in [1.54, 1.807) is 18.9 Å². The number of methoxy groups -OCH3 is 1. The maximum atomic E-state index is 12.2. The Labute approximate surface area is 153 Å². The first-order valence-corrected chi connectivity index (χ1v) is 8.65. The fourth-order valence-corrected chi connectivity index (χ4v) is 3.00. The summed E-state index contributed by atoms with van der Waals surface area (Å²) in [7, 11) is 1.60. The molecule has 2 rings (SSSR count). The van der Waals surface area contributed by atoms with Crippen molar-refractivity contribution in [2.45, 2.75) is 17.9 Å². The average Bonchev–Trinajstić information content (AvgIpc) is 2.57. The molecule has 25 heavy (non-hydrogen) atoms. The first kappa shape index (κ1) is 19.3. The van der Waals surface area contributed by atoms with Crippen molar-refractivity contribution in [2.75, 3.05) is 18.2 Å². The van der Waals surface area contributed by atoms with Crippen molar-refractivity contribution in [3.63, 3.8) is 0 Å². The van der Waals surface area contributed by atoms with E-state index in [2.05, 4.69) is 10.1 Å². The summed E-state index contributed by atoms with van der Waals surface area (Å²) in [5.74, 6) is 1.04. The summed E-state index contributed by atoms with van der Waals surface area (Å²) in [6.07, 6.45) is 0.295. The third-order valence-electron chi connectivity index (χ3n) is 3.09. The molecule has 0 unspecified atom stereocenters. The lowest BCUT2D eigenvalue weighted by atomic mass is 10.3. The molecule has 0 heterocycles. The number of rotatable bonds is 8. The predicted molar refractivity (Wildman–Crippen MR) is 95.0 cm³/mol. The molecule has 0 aliphatic heterocycles. The van der Waals surface area contributed by atoms with E-state index < -0.39 is 6.61 Å². The van der Waals surface area contributed by atoms with Gasteiger partial charge >= 0.3 is 6.61 Å². The first-order valence-electron chi connectivity index (χ1n) is 7.29. The monoisotopic (exact) mass is 387 g/mol. The van der Waals surface area contributed by atoms with E-state index in [0.29, 0.717) is 17.9 Å². The van der Waals surface area contributed by atoms with Gasteiger partial charge in [0.1, 0.15) is 11.5 Å². The van der Waals surface area contributed by atoms with Gasteiger partial charge in [-0.25, -0.2) is 0 Å². The molecule has 2 aromatic rings. The molecule has 1 amide bonds. The fourth-order valence-electron chi connectivity index (χ4n) is 1.93. The van der Waals surface area contributed by atoms with E-state index in [4.69, 9.17) is 16.3 Å². The smallest absolute Gasteiger partial charge is 0.387 e. The molecule has 0 bridgehead atoms. The van der Waals surface area contributed by atoms with Crippen LogP contribution in [0.3, 0.4) is 0 Å². The van der Waals surface area contributed by atoms with E-state index in [9.17, 15) is 13.6 Å². The highest BCUT2D eigenvalue weighted by Gasteiger charge is 2.10. The molecular weight excluding hydrogens is 372 g/mol. The van der Waals surface area contributed by atoms with Crippen molar-refractivity contribution in [1.29, 1.82) is 0 Å². The predicted octanol–water partition coefficient (Wildman–Crippen LogP) is 5.07. The Morgan fingerprint density at radius 3 is 2.56 bits per heavy atom. The van der Waals surface area contributed by atoms with E-state index in [1.807, 2.05) is 24.3 Å². The molecule has 2 aromatic carbocycles. The van der Waals surface area contributed by atoms with Gasteiger partial charge in [-0.2, -0.15) is 8.78 Å². The minimum atomic E-state index is -2.95. The van der Waals surface area contributed by atoms with Gasteiger partial charge in [0.2, 0.25) is 5.91 Å². The van der Waals surface area contributed by atoms with Gasteiger partial charge in [-0.3, -0.25) is 4.79 Å². The molecule has 0 radical (unpaired) electrons. The minimum Gasteiger partial charge on any atom is -0.497 e. The van der Waals surface area contributed by atoms with Crippen LogP contribution in [0.2, 0.25) is 5.02 Å². The number of benzene rings is 2. The van der Waals surface area contributed by atoms with Crippen LogP contribution in [0.15, 0.2) is 47.4 Å². The second-order valence-corrected chi connectivity index (χ2v) is 6.42. The van der Waals surface area contributed by atoms with Crippen molar-refractivity contribution in [3.8, 4) is 11.5 Å². The number of thioether (sulfide) groups is 1. The van der Waals surface area contributed by atoms with Crippen LogP contribution in [0.5, 0.6) is 11.5 Å². The number of nitrogens with one attached hydrogen (secondary N) is 1. The molecule has 0 atom stereocenters. The van der Waals surface area contributed by atoms with Crippen molar-refractivity contribution in [1.82, 2.24) is 0 Å². The van der Waals surface area contributed by atoms with Crippen LogP contribution in [0.1, 0.15) is 6.42 Å².